The van der Waals surface area contributed by atoms with Crippen molar-refractivity contribution in [3.63, 3.8) is 0 Å². The second kappa shape index (κ2) is 15.0. The number of rotatable bonds is 16. The van der Waals surface area contributed by atoms with E-state index in [0.717, 1.165) is 43.2 Å². The van der Waals surface area contributed by atoms with Crippen molar-refractivity contribution in [2.24, 2.45) is 0 Å². The highest BCUT2D eigenvalue weighted by Crippen LogP contribution is 2.27. The number of nitrogens with zero attached hydrogens (tertiary/aromatic N) is 1. The monoisotopic (exact) mass is 583 g/mol. The number of carbonyl (C=O) groups is 3. The summed E-state index contributed by atoms with van der Waals surface area (Å²) in [5.74, 6) is -1.70. The lowest BCUT2D eigenvalue weighted by atomic mass is 10.00. The normalized spacial score (nSPS) is 16.3. The zero-order chi connectivity index (χ0) is 30.0. The first-order valence-electron chi connectivity index (χ1n) is 14.3. The van der Waals surface area contributed by atoms with Crippen LogP contribution in [0.2, 0.25) is 0 Å². The molecule has 1 aliphatic heterocycles. The quantitative estimate of drug-likeness (QED) is 0.198. The summed E-state index contributed by atoms with van der Waals surface area (Å²) in [5.41, 5.74) is 3.18. The highest BCUT2D eigenvalue weighted by molar-refractivity contribution is 7.89. The molecule has 2 aromatic carbocycles. The van der Waals surface area contributed by atoms with Gasteiger partial charge in [0.25, 0.3) is 0 Å². The van der Waals surface area contributed by atoms with Gasteiger partial charge in [0.2, 0.25) is 15.9 Å². The van der Waals surface area contributed by atoms with Gasteiger partial charge < -0.3 is 15.8 Å². The maximum atomic E-state index is 13.3. The zero-order valence-corrected chi connectivity index (χ0v) is 24.7. The number of nitrogens with one attached hydrogen (secondary N) is 2. The number of ketones is 1. The predicted octanol–water partition coefficient (Wildman–Crippen LogP) is 4.32. The van der Waals surface area contributed by atoms with E-state index in [0.29, 0.717) is 37.0 Å². The van der Waals surface area contributed by atoms with Crippen molar-refractivity contribution in [1.82, 2.24) is 9.62 Å². The van der Waals surface area contributed by atoms with Gasteiger partial charge in [0.15, 0.2) is 0 Å². The van der Waals surface area contributed by atoms with Crippen LogP contribution >= 0.6 is 0 Å². The molecule has 222 valence electrons. The molecule has 3 rings (SSSR count). The van der Waals surface area contributed by atoms with Crippen LogP contribution in [0.3, 0.4) is 0 Å². The first-order chi connectivity index (χ1) is 19.5. The van der Waals surface area contributed by atoms with E-state index in [1.807, 2.05) is 6.92 Å². The number of amides is 1. The molecule has 1 heterocycles. The molecule has 1 amide bonds. The van der Waals surface area contributed by atoms with Crippen molar-refractivity contribution < 1.29 is 27.9 Å². The van der Waals surface area contributed by atoms with Crippen molar-refractivity contribution in [3.05, 3.63) is 65.2 Å². The zero-order valence-electron chi connectivity index (χ0n) is 23.9. The minimum absolute atomic E-state index is 0.0275. The molecule has 1 aliphatic rings. The summed E-state index contributed by atoms with van der Waals surface area (Å²) in [6.45, 7) is 3.95. The van der Waals surface area contributed by atoms with Crippen molar-refractivity contribution in [3.8, 4) is 0 Å². The number of aryl methyl sites for hydroxylation is 1. The molecular formula is C31H41N3O6S. The van der Waals surface area contributed by atoms with Gasteiger partial charge in [-0.25, -0.2) is 13.2 Å². The van der Waals surface area contributed by atoms with E-state index in [9.17, 15) is 27.9 Å². The van der Waals surface area contributed by atoms with E-state index in [-0.39, 0.29) is 23.6 Å². The Bertz CT molecular complexity index is 1320. The molecular weight excluding hydrogens is 542 g/mol. The Morgan fingerprint density at radius 3 is 2.20 bits per heavy atom. The number of aliphatic carboxylic acids is 1. The molecule has 9 nitrogen and oxygen atoms in total. The van der Waals surface area contributed by atoms with Crippen LogP contribution in [0.15, 0.2) is 53.4 Å². The highest BCUT2D eigenvalue weighted by atomic mass is 32.2. The second-order valence-electron chi connectivity index (χ2n) is 10.7. The predicted molar refractivity (Wildman–Crippen MR) is 158 cm³/mol. The van der Waals surface area contributed by atoms with Crippen LogP contribution in [-0.4, -0.2) is 59.8 Å². The summed E-state index contributed by atoms with van der Waals surface area (Å²) in [4.78, 5) is 37.6. The average molecular weight is 584 g/mol. The number of sulfonamides is 1. The van der Waals surface area contributed by atoms with Gasteiger partial charge in [0, 0.05) is 31.5 Å². The molecule has 0 radical (unpaired) electrons. The Labute approximate surface area is 242 Å². The lowest BCUT2D eigenvalue weighted by Gasteiger charge is -2.25. The van der Waals surface area contributed by atoms with Crippen molar-refractivity contribution in [2.75, 3.05) is 6.54 Å². The van der Waals surface area contributed by atoms with Crippen LogP contribution in [0.1, 0.15) is 75.5 Å². The number of benzene rings is 2. The van der Waals surface area contributed by atoms with E-state index in [4.69, 9.17) is 5.41 Å². The van der Waals surface area contributed by atoms with Gasteiger partial charge in [0.1, 0.15) is 17.9 Å². The maximum absolute atomic E-state index is 13.3. The summed E-state index contributed by atoms with van der Waals surface area (Å²) >= 11 is 0. The van der Waals surface area contributed by atoms with Crippen LogP contribution in [0.4, 0.5) is 0 Å². The smallest absolute Gasteiger partial charge is 0.326 e. The fourth-order valence-corrected chi connectivity index (χ4v) is 6.68. The van der Waals surface area contributed by atoms with Gasteiger partial charge in [-0.15, -0.1) is 0 Å². The minimum atomic E-state index is -3.91. The lowest BCUT2D eigenvalue weighted by Crippen LogP contribution is -2.51. The molecule has 0 aliphatic carbocycles. The van der Waals surface area contributed by atoms with Crippen LogP contribution in [0.5, 0.6) is 0 Å². The van der Waals surface area contributed by atoms with Crippen LogP contribution < -0.4 is 5.32 Å². The molecule has 2 aromatic rings. The van der Waals surface area contributed by atoms with Gasteiger partial charge in [0.05, 0.1) is 4.90 Å². The molecule has 2 atom stereocenters. The molecule has 0 saturated carbocycles. The first-order valence-corrected chi connectivity index (χ1v) is 15.7. The van der Waals surface area contributed by atoms with E-state index < -0.39 is 34.0 Å². The SMILES string of the molecule is CCc1ccc(S(=O)(=O)N2CCC[C@H]2C(=O)NC(Cc2ccc(CC(=O)CCCCCC(C)=N)cc2)C(=O)O)cc1. The summed E-state index contributed by atoms with van der Waals surface area (Å²) in [5, 5.41) is 19.8. The lowest BCUT2D eigenvalue weighted by molar-refractivity contribution is -0.142. The minimum Gasteiger partial charge on any atom is -0.480 e. The van der Waals surface area contributed by atoms with Crippen molar-refractivity contribution in [1.29, 1.82) is 5.41 Å². The second-order valence-corrected chi connectivity index (χ2v) is 12.6. The number of carboxylic acids is 1. The topological polar surface area (TPSA) is 145 Å². The molecule has 0 aromatic heterocycles. The van der Waals surface area contributed by atoms with E-state index in [2.05, 4.69) is 5.32 Å². The summed E-state index contributed by atoms with van der Waals surface area (Å²) in [7, 11) is -3.91. The molecule has 1 saturated heterocycles. The number of Topliss-reactive ketones (excluding diaryl/α,β-unsaturated/α-hetero) is 1. The Balaban J connectivity index is 1.57. The number of carbonyl (C=O) groups excluding carboxylic acids is 2. The van der Waals surface area contributed by atoms with Crippen LogP contribution in [0, 0.1) is 5.41 Å². The number of unbranched alkanes of at least 4 members (excludes halogenated alkanes) is 2. The van der Waals surface area contributed by atoms with Crippen molar-refractivity contribution >= 4 is 33.4 Å². The standard InChI is InChI=1S/C31H41N3O6S/c1-3-23-15-17-27(18-16-23)41(39,40)34-19-7-10-29(34)30(36)33-28(31(37)38)21-25-13-11-24(12-14-25)20-26(35)9-6-4-5-8-22(2)32/h11-18,28-29,32H,3-10,19-21H2,1-2H3,(H,33,36)(H,37,38)/t28?,29-/m0/s1. The van der Waals surface area contributed by atoms with Crippen molar-refractivity contribution in [2.45, 2.75) is 95.0 Å². The average Bonchev–Trinajstić information content (AvgIpc) is 3.45. The molecule has 1 unspecified atom stereocenters. The van der Waals surface area contributed by atoms with Crippen LogP contribution in [-0.2, 0) is 43.7 Å². The Morgan fingerprint density at radius 1 is 0.976 bits per heavy atom. The molecule has 0 spiro atoms. The van der Waals surface area contributed by atoms with Crippen LogP contribution in [0.25, 0.3) is 0 Å². The summed E-state index contributed by atoms with van der Waals surface area (Å²) in [6, 6.07) is 11.5. The van der Waals surface area contributed by atoms with Gasteiger partial charge in [-0.3, -0.25) is 9.59 Å². The number of hydrogen-bond acceptors (Lipinski definition) is 6. The highest BCUT2D eigenvalue weighted by Gasteiger charge is 2.40. The molecule has 41 heavy (non-hydrogen) atoms. The number of carboxylic acid groups (broad SMARTS) is 1. The van der Waals surface area contributed by atoms with Gasteiger partial charge >= 0.3 is 5.97 Å². The molecule has 3 N–H and O–H groups in total. The maximum Gasteiger partial charge on any atom is 0.326 e. The van der Waals surface area contributed by atoms with E-state index in [1.165, 1.54) is 4.31 Å². The van der Waals surface area contributed by atoms with Gasteiger partial charge in [-0.1, -0.05) is 49.7 Å². The Hall–Kier alpha value is -3.37. The molecule has 1 fully saturated rings. The third-order valence-electron chi connectivity index (χ3n) is 7.43. The molecule has 0 bridgehead atoms. The fourth-order valence-electron chi connectivity index (χ4n) is 5.02. The van der Waals surface area contributed by atoms with E-state index in [1.54, 1.807) is 55.5 Å². The number of hydrogen-bond donors (Lipinski definition) is 3. The van der Waals surface area contributed by atoms with Gasteiger partial charge in [-0.05, 0) is 74.3 Å². The van der Waals surface area contributed by atoms with E-state index >= 15 is 0 Å². The first kappa shape index (κ1) is 32.1. The fraction of sp³-hybridized carbons (Fsp3) is 0.484. The summed E-state index contributed by atoms with van der Waals surface area (Å²) < 4.78 is 27.7. The summed E-state index contributed by atoms with van der Waals surface area (Å²) in [6.07, 6.45) is 5.81. The molecule has 10 heteroatoms. The Kier molecular flexibility index (Phi) is 11.8. The third kappa shape index (κ3) is 9.33. The van der Waals surface area contributed by atoms with Gasteiger partial charge in [-0.2, -0.15) is 4.31 Å². The Morgan fingerprint density at radius 2 is 1.59 bits per heavy atom. The third-order valence-corrected chi connectivity index (χ3v) is 9.35. The largest absolute Gasteiger partial charge is 0.480 e.